The smallest absolute Gasteiger partial charge is 0.262 e. The van der Waals surface area contributed by atoms with E-state index in [1.165, 1.54) is 0 Å². The fraction of sp³-hybridized carbons (Fsp3) is 0.0938. The van der Waals surface area contributed by atoms with Gasteiger partial charge in [-0.3, -0.25) is 9.78 Å². The number of nitrogens with zero attached hydrogens (tertiary/aromatic N) is 2. The summed E-state index contributed by atoms with van der Waals surface area (Å²) in [6.07, 6.45) is 1.77. The standard InChI is InChI=1S/C32H25BrN4O3S/c33-22-11-9-21(10-12-22)27-17-18-28(40-27)31-30(26-8-4-5-19-34-26)36-32(41)37(31)24-15-13-23(14-16-24)35-29(38)20-39-25-6-2-1-3-7-25/h1-19,30-31H,20H2,(H,35,38)(H,36,41)/t30-,31-/m0/s1. The zero-order chi connectivity index (χ0) is 28.2. The van der Waals surface area contributed by atoms with Gasteiger partial charge in [-0.05, 0) is 85.0 Å². The molecule has 5 aromatic rings. The van der Waals surface area contributed by atoms with Crippen LogP contribution in [-0.4, -0.2) is 22.6 Å². The molecule has 0 saturated carbocycles. The van der Waals surface area contributed by atoms with E-state index < -0.39 is 0 Å². The number of hydrogen-bond donors (Lipinski definition) is 2. The number of pyridine rings is 1. The molecule has 0 unspecified atom stereocenters. The summed E-state index contributed by atoms with van der Waals surface area (Å²) < 4.78 is 13.0. The van der Waals surface area contributed by atoms with Crippen molar-refractivity contribution in [2.45, 2.75) is 12.1 Å². The van der Waals surface area contributed by atoms with E-state index in [1.807, 2.05) is 114 Å². The third-order valence-corrected chi connectivity index (χ3v) is 7.53. The normalized spacial score (nSPS) is 16.3. The van der Waals surface area contributed by atoms with E-state index in [0.717, 1.165) is 32.9 Å². The maximum Gasteiger partial charge on any atom is 0.262 e. The van der Waals surface area contributed by atoms with Gasteiger partial charge in [0.15, 0.2) is 11.7 Å². The number of thiocarbonyl (C=S) groups is 1. The lowest BCUT2D eigenvalue weighted by atomic mass is 10.0. The van der Waals surface area contributed by atoms with E-state index in [4.69, 9.17) is 21.4 Å². The second-order valence-corrected chi connectivity index (χ2v) is 10.7. The van der Waals surface area contributed by atoms with Gasteiger partial charge in [-0.1, -0.05) is 52.3 Å². The van der Waals surface area contributed by atoms with Crippen LogP contribution in [0.1, 0.15) is 23.5 Å². The Hall–Kier alpha value is -4.47. The van der Waals surface area contributed by atoms with Gasteiger partial charge in [-0.2, -0.15) is 0 Å². The quantitative estimate of drug-likeness (QED) is 0.175. The lowest BCUT2D eigenvalue weighted by Crippen LogP contribution is -2.29. The van der Waals surface area contributed by atoms with E-state index in [0.29, 0.717) is 16.5 Å². The molecule has 1 saturated heterocycles. The molecule has 1 aliphatic rings. The van der Waals surface area contributed by atoms with Gasteiger partial charge in [-0.15, -0.1) is 0 Å². The Bertz CT molecular complexity index is 1640. The first kappa shape index (κ1) is 26.7. The van der Waals surface area contributed by atoms with Crippen molar-refractivity contribution >= 4 is 50.5 Å². The molecule has 0 aliphatic carbocycles. The first-order chi connectivity index (χ1) is 20.0. The number of rotatable bonds is 8. The van der Waals surface area contributed by atoms with Gasteiger partial charge in [0.2, 0.25) is 0 Å². The molecule has 1 aliphatic heterocycles. The van der Waals surface area contributed by atoms with E-state index in [-0.39, 0.29) is 24.6 Å². The Kier molecular flexibility index (Phi) is 7.80. The number of hydrogen-bond acceptors (Lipinski definition) is 5. The zero-order valence-corrected chi connectivity index (χ0v) is 24.1. The highest BCUT2D eigenvalue weighted by molar-refractivity contribution is 9.10. The number of benzene rings is 3. The van der Waals surface area contributed by atoms with Crippen LogP contribution < -0.4 is 20.3 Å². The zero-order valence-electron chi connectivity index (χ0n) is 21.7. The van der Waals surface area contributed by atoms with Gasteiger partial charge in [0, 0.05) is 27.6 Å². The molecular weight excluding hydrogens is 600 g/mol. The van der Waals surface area contributed by atoms with E-state index in [2.05, 4.69) is 31.5 Å². The first-order valence-corrected chi connectivity index (χ1v) is 14.2. The van der Waals surface area contributed by atoms with Crippen molar-refractivity contribution in [2.75, 3.05) is 16.8 Å². The molecule has 7 nitrogen and oxygen atoms in total. The number of furan rings is 1. The van der Waals surface area contributed by atoms with E-state index in [1.54, 1.807) is 6.20 Å². The molecule has 0 spiro atoms. The molecule has 6 rings (SSSR count). The van der Waals surface area contributed by atoms with Crippen LogP contribution in [-0.2, 0) is 4.79 Å². The van der Waals surface area contributed by atoms with Crippen LogP contribution in [0.15, 0.2) is 124 Å². The van der Waals surface area contributed by atoms with Crippen LogP contribution in [0.3, 0.4) is 0 Å². The molecule has 2 N–H and O–H groups in total. The average Bonchev–Trinajstić information content (AvgIpc) is 3.63. The number of carbonyl (C=O) groups excluding carboxylic acids is 1. The van der Waals surface area contributed by atoms with E-state index in [9.17, 15) is 4.79 Å². The Morgan fingerprint density at radius 3 is 2.44 bits per heavy atom. The molecule has 1 fully saturated rings. The van der Waals surface area contributed by atoms with Gasteiger partial charge in [0.05, 0.1) is 11.7 Å². The van der Waals surface area contributed by atoms with Crippen molar-refractivity contribution in [1.29, 1.82) is 0 Å². The molecule has 1 amide bonds. The summed E-state index contributed by atoms with van der Waals surface area (Å²) >= 11 is 9.32. The fourth-order valence-corrected chi connectivity index (χ4v) is 5.38. The lowest BCUT2D eigenvalue weighted by Gasteiger charge is -2.26. The largest absolute Gasteiger partial charge is 0.484 e. The molecule has 2 aromatic heterocycles. The van der Waals surface area contributed by atoms with Crippen molar-refractivity contribution in [3.63, 3.8) is 0 Å². The minimum atomic E-state index is -0.290. The topological polar surface area (TPSA) is 79.6 Å². The van der Waals surface area contributed by atoms with Crippen molar-refractivity contribution < 1.29 is 13.9 Å². The second kappa shape index (κ2) is 12.0. The molecule has 9 heteroatoms. The minimum Gasteiger partial charge on any atom is -0.484 e. The van der Waals surface area contributed by atoms with E-state index >= 15 is 0 Å². The van der Waals surface area contributed by atoms with Crippen LogP contribution in [0.5, 0.6) is 5.75 Å². The van der Waals surface area contributed by atoms with Crippen LogP contribution in [0, 0.1) is 0 Å². The number of anilines is 2. The number of aromatic nitrogens is 1. The van der Waals surface area contributed by atoms with Crippen LogP contribution in [0.2, 0.25) is 0 Å². The number of nitrogens with one attached hydrogen (secondary N) is 2. The summed E-state index contributed by atoms with van der Waals surface area (Å²) in [5, 5.41) is 6.88. The predicted molar refractivity (Wildman–Crippen MR) is 167 cm³/mol. The molecule has 3 aromatic carbocycles. The highest BCUT2D eigenvalue weighted by Gasteiger charge is 2.42. The van der Waals surface area contributed by atoms with Gasteiger partial charge in [0.1, 0.15) is 23.3 Å². The Morgan fingerprint density at radius 2 is 1.71 bits per heavy atom. The summed E-state index contributed by atoms with van der Waals surface area (Å²) in [6, 6.07) is 34.0. The van der Waals surface area contributed by atoms with Crippen LogP contribution in [0.4, 0.5) is 11.4 Å². The molecule has 3 heterocycles. The molecule has 2 atom stereocenters. The number of amides is 1. The molecule has 41 heavy (non-hydrogen) atoms. The second-order valence-electron chi connectivity index (χ2n) is 9.40. The third kappa shape index (κ3) is 6.01. The van der Waals surface area contributed by atoms with Crippen molar-refractivity contribution in [3.05, 3.63) is 131 Å². The number of halogens is 1. The van der Waals surface area contributed by atoms with Crippen LogP contribution >= 0.6 is 28.1 Å². The molecular formula is C32H25BrN4O3S. The summed E-state index contributed by atoms with van der Waals surface area (Å²) in [5.74, 6) is 1.91. The molecule has 0 bridgehead atoms. The van der Waals surface area contributed by atoms with Gasteiger partial charge in [-0.25, -0.2) is 0 Å². The Balaban J connectivity index is 1.25. The maximum absolute atomic E-state index is 12.5. The lowest BCUT2D eigenvalue weighted by molar-refractivity contribution is -0.118. The fourth-order valence-electron chi connectivity index (χ4n) is 4.77. The summed E-state index contributed by atoms with van der Waals surface area (Å²) in [6.45, 7) is -0.0844. The first-order valence-electron chi connectivity index (χ1n) is 13.0. The number of carbonyl (C=O) groups is 1. The minimum absolute atomic E-state index is 0.0844. The SMILES string of the molecule is O=C(COc1ccccc1)Nc1ccc(N2C(=S)N[C@@H](c3ccccn3)[C@@H]2c2ccc(-c3ccc(Br)cc3)o2)cc1. The predicted octanol–water partition coefficient (Wildman–Crippen LogP) is 7.30. The monoisotopic (exact) mass is 624 g/mol. The van der Waals surface area contributed by atoms with Crippen molar-refractivity contribution in [1.82, 2.24) is 10.3 Å². The van der Waals surface area contributed by atoms with Gasteiger partial charge >= 0.3 is 0 Å². The van der Waals surface area contributed by atoms with Crippen molar-refractivity contribution in [2.24, 2.45) is 0 Å². The van der Waals surface area contributed by atoms with Crippen LogP contribution in [0.25, 0.3) is 11.3 Å². The Labute approximate surface area is 251 Å². The summed E-state index contributed by atoms with van der Waals surface area (Å²) in [7, 11) is 0. The Morgan fingerprint density at radius 1 is 0.951 bits per heavy atom. The molecule has 204 valence electrons. The third-order valence-electron chi connectivity index (χ3n) is 6.69. The highest BCUT2D eigenvalue weighted by atomic mass is 79.9. The van der Waals surface area contributed by atoms with Gasteiger partial charge < -0.3 is 24.7 Å². The summed E-state index contributed by atoms with van der Waals surface area (Å²) in [4.78, 5) is 19.1. The van der Waals surface area contributed by atoms with Gasteiger partial charge in [0.25, 0.3) is 5.91 Å². The highest BCUT2D eigenvalue weighted by Crippen LogP contribution is 2.43. The average molecular weight is 626 g/mol. The molecule has 0 radical (unpaired) electrons. The number of ether oxygens (including phenoxy) is 1. The number of para-hydroxylation sites is 1. The summed E-state index contributed by atoms with van der Waals surface area (Å²) in [5.41, 5.74) is 3.34. The maximum atomic E-state index is 12.5. The van der Waals surface area contributed by atoms with Crippen molar-refractivity contribution in [3.8, 4) is 17.1 Å².